The van der Waals surface area contributed by atoms with Gasteiger partial charge in [0.25, 0.3) is 0 Å². The van der Waals surface area contributed by atoms with Crippen molar-refractivity contribution in [1.82, 2.24) is 0 Å². The Labute approximate surface area is 97.0 Å². The van der Waals surface area contributed by atoms with Crippen molar-refractivity contribution >= 4 is 21.9 Å². The Morgan fingerprint density at radius 2 is 2.00 bits per heavy atom. The number of hydrogen-bond acceptors (Lipinski definition) is 3. The number of halogens is 4. The van der Waals surface area contributed by atoms with Gasteiger partial charge in [0.05, 0.1) is 12.7 Å². The van der Waals surface area contributed by atoms with Gasteiger partial charge in [0.1, 0.15) is 11.3 Å². The van der Waals surface area contributed by atoms with E-state index in [4.69, 9.17) is 0 Å². The first kappa shape index (κ1) is 12.8. The number of rotatable bonds is 1. The van der Waals surface area contributed by atoms with E-state index in [1.807, 2.05) is 0 Å². The van der Waals surface area contributed by atoms with E-state index in [-0.39, 0.29) is 10.0 Å². The Morgan fingerprint density at radius 1 is 1.44 bits per heavy atom. The number of phenolic OH excluding ortho intramolecular Hbond substituents is 1. The normalized spacial score (nSPS) is 11.3. The summed E-state index contributed by atoms with van der Waals surface area (Å²) in [6.45, 7) is 0. The molecule has 0 atom stereocenters. The van der Waals surface area contributed by atoms with Crippen molar-refractivity contribution in [2.24, 2.45) is 0 Å². The molecule has 0 radical (unpaired) electrons. The Balaban J connectivity index is 3.33. The number of carbonyl (C=O) groups excluding carboxylic acids is 1. The molecule has 0 spiro atoms. The van der Waals surface area contributed by atoms with E-state index in [2.05, 4.69) is 20.7 Å². The third-order valence-electron chi connectivity index (χ3n) is 1.80. The van der Waals surface area contributed by atoms with Crippen molar-refractivity contribution in [3.8, 4) is 5.75 Å². The lowest BCUT2D eigenvalue weighted by molar-refractivity contribution is -0.138. The smallest absolute Gasteiger partial charge is 0.417 e. The summed E-state index contributed by atoms with van der Waals surface area (Å²) >= 11 is 2.68. The summed E-state index contributed by atoms with van der Waals surface area (Å²) in [4.78, 5) is 11.1. The average molecular weight is 299 g/mol. The van der Waals surface area contributed by atoms with E-state index in [1.54, 1.807) is 0 Å². The Morgan fingerprint density at radius 3 is 2.44 bits per heavy atom. The zero-order chi connectivity index (χ0) is 12.5. The van der Waals surface area contributed by atoms with Gasteiger partial charge in [0.2, 0.25) is 0 Å². The second kappa shape index (κ2) is 4.32. The van der Waals surface area contributed by atoms with Gasteiger partial charge in [0.15, 0.2) is 0 Å². The summed E-state index contributed by atoms with van der Waals surface area (Å²) in [5, 5.41) is 9.26. The highest BCUT2D eigenvalue weighted by Gasteiger charge is 2.34. The van der Waals surface area contributed by atoms with Gasteiger partial charge in [-0.25, -0.2) is 4.79 Å². The monoisotopic (exact) mass is 298 g/mol. The minimum absolute atomic E-state index is 0.331. The van der Waals surface area contributed by atoms with Crippen LogP contribution >= 0.6 is 15.9 Å². The lowest BCUT2D eigenvalue weighted by Gasteiger charge is -2.11. The number of phenols is 1. The van der Waals surface area contributed by atoms with Crippen LogP contribution < -0.4 is 0 Å². The number of benzene rings is 1. The zero-order valence-electron chi connectivity index (χ0n) is 7.93. The molecule has 1 aromatic carbocycles. The van der Waals surface area contributed by atoms with Gasteiger partial charge in [-0.05, 0) is 12.1 Å². The van der Waals surface area contributed by atoms with Crippen LogP contribution in [0.15, 0.2) is 16.6 Å². The number of methoxy groups -OCH3 is 1. The molecule has 0 bridgehead atoms. The molecular formula is C9H6BrF3O3. The van der Waals surface area contributed by atoms with Crippen LogP contribution in [0.4, 0.5) is 13.2 Å². The van der Waals surface area contributed by atoms with Crippen molar-refractivity contribution < 1.29 is 27.8 Å². The predicted octanol–water partition coefficient (Wildman–Crippen LogP) is 2.96. The van der Waals surface area contributed by atoms with E-state index in [1.165, 1.54) is 0 Å². The summed E-state index contributed by atoms with van der Waals surface area (Å²) < 4.78 is 41.1. The maximum Gasteiger partial charge on any atom is 0.417 e. The van der Waals surface area contributed by atoms with Crippen LogP contribution in [0.5, 0.6) is 5.75 Å². The topological polar surface area (TPSA) is 46.5 Å². The second-order valence-corrected chi connectivity index (χ2v) is 3.69. The SMILES string of the molecule is COC(=O)c1cc(Br)c(C(F)(F)F)cc1O. The fourth-order valence-electron chi connectivity index (χ4n) is 1.05. The number of aromatic hydroxyl groups is 1. The third-order valence-corrected chi connectivity index (χ3v) is 2.45. The van der Waals surface area contributed by atoms with Crippen LogP contribution in [0.3, 0.4) is 0 Å². The fraction of sp³-hybridized carbons (Fsp3) is 0.222. The Kier molecular flexibility index (Phi) is 3.47. The van der Waals surface area contributed by atoms with Crippen LogP contribution in [-0.2, 0) is 10.9 Å². The molecule has 0 aliphatic carbocycles. The van der Waals surface area contributed by atoms with Gasteiger partial charge < -0.3 is 9.84 Å². The number of hydrogen-bond donors (Lipinski definition) is 1. The van der Waals surface area contributed by atoms with E-state index >= 15 is 0 Å². The molecule has 0 heterocycles. The molecule has 16 heavy (non-hydrogen) atoms. The first-order valence-electron chi connectivity index (χ1n) is 3.95. The summed E-state index contributed by atoms with van der Waals surface area (Å²) in [6, 6.07) is 1.33. The van der Waals surface area contributed by atoms with Crippen LogP contribution in [0.1, 0.15) is 15.9 Å². The largest absolute Gasteiger partial charge is 0.507 e. The van der Waals surface area contributed by atoms with Gasteiger partial charge in [0, 0.05) is 4.47 Å². The minimum atomic E-state index is -4.61. The third kappa shape index (κ3) is 2.46. The van der Waals surface area contributed by atoms with Crippen molar-refractivity contribution in [3.05, 3.63) is 27.7 Å². The number of carbonyl (C=O) groups is 1. The van der Waals surface area contributed by atoms with Crippen molar-refractivity contribution in [2.45, 2.75) is 6.18 Å². The average Bonchev–Trinajstić information content (AvgIpc) is 2.18. The van der Waals surface area contributed by atoms with E-state index in [0.29, 0.717) is 6.07 Å². The molecule has 1 N–H and O–H groups in total. The predicted molar refractivity (Wildman–Crippen MR) is 52.1 cm³/mol. The molecule has 1 rings (SSSR count). The maximum atomic E-state index is 12.4. The molecule has 0 aliphatic rings. The molecule has 0 aliphatic heterocycles. The first-order chi connectivity index (χ1) is 7.27. The molecule has 0 amide bonds. The van der Waals surface area contributed by atoms with Crippen LogP contribution in [-0.4, -0.2) is 18.2 Å². The van der Waals surface area contributed by atoms with Crippen molar-refractivity contribution in [1.29, 1.82) is 0 Å². The highest BCUT2D eigenvalue weighted by atomic mass is 79.9. The summed E-state index contributed by atoms with van der Waals surface area (Å²) in [7, 11) is 1.06. The first-order valence-corrected chi connectivity index (χ1v) is 4.74. The summed E-state index contributed by atoms with van der Waals surface area (Å²) in [5.74, 6) is -1.69. The number of ether oxygens (including phenoxy) is 1. The molecular weight excluding hydrogens is 293 g/mol. The lowest BCUT2D eigenvalue weighted by atomic mass is 10.1. The van der Waals surface area contributed by atoms with Gasteiger partial charge in [-0.1, -0.05) is 15.9 Å². The van der Waals surface area contributed by atoms with Crippen LogP contribution in [0.2, 0.25) is 0 Å². The fourth-order valence-corrected chi connectivity index (χ4v) is 1.62. The van der Waals surface area contributed by atoms with E-state index in [0.717, 1.165) is 13.2 Å². The maximum absolute atomic E-state index is 12.4. The van der Waals surface area contributed by atoms with E-state index in [9.17, 15) is 23.1 Å². The number of esters is 1. The van der Waals surface area contributed by atoms with Crippen molar-refractivity contribution in [2.75, 3.05) is 7.11 Å². The summed E-state index contributed by atoms with van der Waals surface area (Å²) in [5.41, 5.74) is -1.39. The van der Waals surface area contributed by atoms with Gasteiger partial charge in [-0.3, -0.25) is 0 Å². The molecule has 0 aromatic heterocycles. The van der Waals surface area contributed by atoms with Crippen LogP contribution in [0, 0.1) is 0 Å². The quantitative estimate of drug-likeness (QED) is 0.811. The highest BCUT2D eigenvalue weighted by Crippen LogP contribution is 2.38. The number of alkyl halides is 3. The molecule has 0 saturated carbocycles. The van der Waals surface area contributed by atoms with Crippen molar-refractivity contribution in [3.63, 3.8) is 0 Å². The van der Waals surface area contributed by atoms with Gasteiger partial charge in [-0.2, -0.15) is 13.2 Å². The second-order valence-electron chi connectivity index (χ2n) is 2.84. The molecule has 3 nitrogen and oxygen atoms in total. The molecule has 7 heteroatoms. The van der Waals surface area contributed by atoms with E-state index < -0.39 is 23.5 Å². The van der Waals surface area contributed by atoms with Gasteiger partial charge in [-0.15, -0.1) is 0 Å². The highest BCUT2D eigenvalue weighted by molar-refractivity contribution is 9.10. The Hall–Kier alpha value is -1.24. The zero-order valence-corrected chi connectivity index (χ0v) is 9.52. The van der Waals surface area contributed by atoms with Crippen LogP contribution in [0.25, 0.3) is 0 Å². The standard InChI is InChI=1S/C9H6BrF3O3/c1-16-8(15)4-2-6(10)5(3-7(4)14)9(11,12)13/h2-3,14H,1H3. The lowest BCUT2D eigenvalue weighted by Crippen LogP contribution is -2.08. The minimum Gasteiger partial charge on any atom is -0.507 e. The molecule has 0 fully saturated rings. The summed E-state index contributed by atoms with van der Waals surface area (Å²) in [6.07, 6.45) is -4.61. The van der Waals surface area contributed by atoms with Gasteiger partial charge >= 0.3 is 12.1 Å². The Bertz CT molecular complexity index is 429. The molecule has 88 valence electrons. The molecule has 0 saturated heterocycles. The molecule has 0 unspecified atom stereocenters. The molecule has 1 aromatic rings.